The Hall–Kier alpha value is -3.28. The van der Waals surface area contributed by atoms with Crippen LogP contribution in [0.4, 0.5) is 11.4 Å². The molecule has 22 heavy (non-hydrogen) atoms. The van der Waals surface area contributed by atoms with E-state index in [2.05, 4.69) is 15.2 Å². The van der Waals surface area contributed by atoms with Crippen molar-refractivity contribution in [3.63, 3.8) is 0 Å². The van der Waals surface area contributed by atoms with Crippen LogP contribution in [-0.4, -0.2) is 21.2 Å². The molecule has 1 aromatic heterocycles. The number of carboxylic acid groups (broad SMARTS) is 1. The minimum absolute atomic E-state index is 0.0104. The van der Waals surface area contributed by atoms with Crippen molar-refractivity contribution >= 4 is 28.2 Å². The molecule has 0 saturated heterocycles. The number of hydrogen-bond donors (Lipinski definition) is 2. The molecule has 0 aliphatic heterocycles. The predicted octanol–water partition coefficient (Wildman–Crippen LogP) is 4.05. The van der Waals surface area contributed by atoms with E-state index >= 15 is 0 Å². The Morgan fingerprint density at radius 2 is 1.86 bits per heavy atom. The van der Waals surface area contributed by atoms with Crippen LogP contribution in [0.5, 0.6) is 5.75 Å². The Labute approximate surface area is 125 Å². The number of hydrogen-bond acceptors (Lipinski definition) is 5. The predicted molar refractivity (Wildman–Crippen MR) is 81.0 cm³/mol. The first-order chi connectivity index (χ1) is 10.6. The van der Waals surface area contributed by atoms with Gasteiger partial charge in [0, 0.05) is 5.39 Å². The monoisotopic (exact) mass is 293 g/mol. The molecule has 3 rings (SSSR count). The first-order valence-corrected chi connectivity index (χ1v) is 6.46. The molecule has 0 saturated carbocycles. The van der Waals surface area contributed by atoms with Crippen LogP contribution in [0.1, 0.15) is 10.4 Å². The summed E-state index contributed by atoms with van der Waals surface area (Å²) in [6, 6.07) is 13.3. The average molecular weight is 293 g/mol. The highest BCUT2D eigenvalue weighted by molar-refractivity contribution is 5.88. The maximum atomic E-state index is 10.8. The molecule has 6 heteroatoms. The quantitative estimate of drug-likeness (QED) is 0.712. The van der Waals surface area contributed by atoms with Gasteiger partial charge < -0.3 is 10.2 Å². The van der Waals surface area contributed by atoms with Crippen LogP contribution >= 0.6 is 0 Å². The van der Waals surface area contributed by atoms with E-state index in [1.165, 1.54) is 12.1 Å². The van der Waals surface area contributed by atoms with Gasteiger partial charge in [0.2, 0.25) is 0 Å². The molecule has 0 aliphatic rings. The summed E-state index contributed by atoms with van der Waals surface area (Å²) < 4.78 is 0. The van der Waals surface area contributed by atoms with E-state index in [0.29, 0.717) is 5.69 Å². The number of para-hydroxylation sites is 1. The van der Waals surface area contributed by atoms with Crippen LogP contribution in [0.3, 0.4) is 0 Å². The van der Waals surface area contributed by atoms with Gasteiger partial charge in [-0.3, -0.25) is 4.98 Å². The summed E-state index contributed by atoms with van der Waals surface area (Å²) in [6.45, 7) is 0. The van der Waals surface area contributed by atoms with Gasteiger partial charge >= 0.3 is 5.97 Å². The van der Waals surface area contributed by atoms with Crippen molar-refractivity contribution in [1.82, 2.24) is 4.98 Å². The van der Waals surface area contributed by atoms with Gasteiger partial charge in [0.1, 0.15) is 17.1 Å². The van der Waals surface area contributed by atoms with Crippen LogP contribution in [0, 0.1) is 0 Å². The van der Waals surface area contributed by atoms with Crippen molar-refractivity contribution in [3.8, 4) is 5.75 Å². The van der Waals surface area contributed by atoms with Crippen LogP contribution in [-0.2, 0) is 0 Å². The van der Waals surface area contributed by atoms with Crippen molar-refractivity contribution in [2.45, 2.75) is 0 Å². The summed E-state index contributed by atoms with van der Waals surface area (Å²) in [4.78, 5) is 15.1. The van der Waals surface area contributed by atoms with Gasteiger partial charge in [-0.1, -0.05) is 18.2 Å². The van der Waals surface area contributed by atoms with E-state index in [0.717, 1.165) is 17.0 Å². The van der Waals surface area contributed by atoms with Gasteiger partial charge in [0.15, 0.2) is 0 Å². The second kappa shape index (κ2) is 5.61. The number of benzene rings is 2. The molecule has 3 aromatic rings. The minimum atomic E-state index is -1.11. The number of azo groups is 1. The maximum Gasteiger partial charge on any atom is 0.335 e. The summed E-state index contributed by atoms with van der Waals surface area (Å²) in [6.07, 6.45) is 1.58. The number of carboxylic acids is 1. The summed E-state index contributed by atoms with van der Waals surface area (Å²) in [5.74, 6) is -1.35. The van der Waals surface area contributed by atoms with Crippen LogP contribution in [0.15, 0.2) is 65.0 Å². The molecule has 1 heterocycles. The van der Waals surface area contributed by atoms with Crippen LogP contribution in [0.25, 0.3) is 10.9 Å². The number of fused-ring (bicyclic) bond motifs is 1. The summed E-state index contributed by atoms with van der Waals surface area (Å²) in [7, 11) is 0. The number of aromatic carboxylic acids is 1. The molecule has 0 radical (unpaired) electrons. The van der Waals surface area contributed by atoms with Gasteiger partial charge in [-0.15, -0.1) is 10.2 Å². The highest BCUT2D eigenvalue weighted by atomic mass is 16.4. The smallest absolute Gasteiger partial charge is 0.335 e. The molecule has 2 aromatic carbocycles. The lowest BCUT2D eigenvalue weighted by molar-refractivity contribution is 0.0696. The number of pyridine rings is 1. The highest BCUT2D eigenvalue weighted by Crippen LogP contribution is 2.29. The third-order valence-electron chi connectivity index (χ3n) is 3.07. The van der Waals surface area contributed by atoms with E-state index in [1.54, 1.807) is 6.20 Å². The maximum absolute atomic E-state index is 10.8. The van der Waals surface area contributed by atoms with Gasteiger partial charge in [-0.05, 0) is 30.3 Å². The average Bonchev–Trinajstić information content (AvgIpc) is 2.53. The number of nitrogens with zero attached hydrogens (tertiary/aromatic N) is 3. The second-order valence-electron chi connectivity index (χ2n) is 4.59. The standard InChI is InChI=1S/C16H11N3O3/c20-15-8-11(16(21)22)5-6-14(15)19-18-12-7-10-3-1-2-4-13(10)17-9-12/h1-9,20H,(H,21,22). The van der Waals surface area contributed by atoms with Crippen LogP contribution in [0.2, 0.25) is 0 Å². The van der Waals surface area contributed by atoms with E-state index in [1.807, 2.05) is 30.3 Å². The third kappa shape index (κ3) is 2.76. The zero-order valence-corrected chi connectivity index (χ0v) is 11.3. The number of aromatic nitrogens is 1. The molecule has 0 fully saturated rings. The molecule has 6 nitrogen and oxygen atoms in total. The molecule has 0 bridgehead atoms. The van der Waals surface area contributed by atoms with Gasteiger partial charge in [0.25, 0.3) is 0 Å². The van der Waals surface area contributed by atoms with Crippen molar-refractivity contribution in [3.05, 3.63) is 60.3 Å². The fourth-order valence-electron chi connectivity index (χ4n) is 1.97. The molecule has 0 unspecified atom stereocenters. The summed E-state index contributed by atoms with van der Waals surface area (Å²) in [5, 5.41) is 27.5. The van der Waals surface area contributed by atoms with Gasteiger partial charge in [-0.2, -0.15) is 0 Å². The van der Waals surface area contributed by atoms with Crippen LogP contribution < -0.4 is 0 Å². The van der Waals surface area contributed by atoms with Gasteiger partial charge in [-0.25, -0.2) is 4.79 Å². The fourth-order valence-corrected chi connectivity index (χ4v) is 1.97. The molecule has 108 valence electrons. The van der Waals surface area contributed by atoms with Crippen molar-refractivity contribution in [2.24, 2.45) is 10.2 Å². The van der Waals surface area contributed by atoms with E-state index in [-0.39, 0.29) is 17.0 Å². The topological polar surface area (TPSA) is 95.1 Å². The lowest BCUT2D eigenvalue weighted by Crippen LogP contribution is -1.94. The highest BCUT2D eigenvalue weighted by Gasteiger charge is 2.07. The normalized spacial score (nSPS) is 11.1. The molecule has 0 spiro atoms. The molecule has 0 amide bonds. The first-order valence-electron chi connectivity index (χ1n) is 6.46. The Bertz CT molecular complexity index is 891. The number of carbonyl (C=O) groups is 1. The lowest BCUT2D eigenvalue weighted by Gasteiger charge is -2.00. The second-order valence-corrected chi connectivity index (χ2v) is 4.59. The largest absolute Gasteiger partial charge is 0.506 e. The number of phenols is 1. The zero-order valence-electron chi connectivity index (χ0n) is 11.3. The van der Waals surface area contributed by atoms with Crippen molar-refractivity contribution in [2.75, 3.05) is 0 Å². The Morgan fingerprint density at radius 3 is 2.64 bits per heavy atom. The van der Waals surface area contributed by atoms with Gasteiger partial charge in [0.05, 0.1) is 17.3 Å². The number of phenolic OH excluding ortho intramolecular Hbond substituents is 1. The Kier molecular flexibility index (Phi) is 3.49. The number of aromatic hydroxyl groups is 1. The lowest BCUT2D eigenvalue weighted by atomic mass is 10.2. The molecular formula is C16H11N3O3. The van der Waals surface area contributed by atoms with Crippen molar-refractivity contribution in [1.29, 1.82) is 0 Å². The summed E-state index contributed by atoms with van der Waals surface area (Å²) >= 11 is 0. The molecular weight excluding hydrogens is 282 g/mol. The molecule has 0 atom stereocenters. The molecule has 2 N–H and O–H groups in total. The minimum Gasteiger partial charge on any atom is -0.506 e. The van der Waals surface area contributed by atoms with E-state index in [9.17, 15) is 9.90 Å². The summed E-state index contributed by atoms with van der Waals surface area (Å²) in [5.41, 5.74) is 1.58. The molecule has 0 aliphatic carbocycles. The first kappa shape index (κ1) is 13.7. The third-order valence-corrected chi connectivity index (χ3v) is 3.07. The Balaban J connectivity index is 1.90. The zero-order chi connectivity index (χ0) is 15.5. The SMILES string of the molecule is O=C(O)c1ccc(N=Nc2cnc3ccccc3c2)c(O)c1. The Morgan fingerprint density at radius 1 is 1.05 bits per heavy atom. The van der Waals surface area contributed by atoms with E-state index < -0.39 is 5.97 Å². The van der Waals surface area contributed by atoms with Crippen molar-refractivity contribution < 1.29 is 15.0 Å². The fraction of sp³-hybridized carbons (Fsp3) is 0. The number of rotatable bonds is 3. The van der Waals surface area contributed by atoms with E-state index in [4.69, 9.17) is 5.11 Å².